The summed E-state index contributed by atoms with van der Waals surface area (Å²) in [5.74, 6) is 0.244. The maximum atomic E-state index is 11.4. The fraction of sp³-hybridized carbons (Fsp3) is 0.400. The lowest BCUT2D eigenvalue weighted by molar-refractivity contribution is -0.114. The molecule has 1 fully saturated rings. The van der Waals surface area contributed by atoms with Crippen LogP contribution in [0.2, 0.25) is 0 Å². The molecule has 0 aliphatic carbocycles. The molecule has 1 saturated heterocycles. The van der Waals surface area contributed by atoms with Crippen molar-refractivity contribution in [2.45, 2.75) is 44.6 Å². The number of nitrogens with one attached hydrogen (secondary N) is 1. The molecule has 8 nitrogen and oxygen atoms in total. The topological polar surface area (TPSA) is 103 Å². The van der Waals surface area contributed by atoms with Crippen LogP contribution in [0.4, 0.5) is 0 Å². The zero-order valence-electron chi connectivity index (χ0n) is 16.3. The second-order valence-corrected chi connectivity index (χ2v) is 8.07. The van der Waals surface area contributed by atoms with Crippen LogP contribution in [0.1, 0.15) is 26.2 Å². The van der Waals surface area contributed by atoms with E-state index in [1.807, 2.05) is 47.5 Å². The number of primary amides is 1. The second kappa shape index (κ2) is 10.5. The van der Waals surface area contributed by atoms with E-state index in [2.05, 4.69) is 5.09 Å². The van der Waals surface area contributed by atoms with Gasteiger partial charge in [0.15, 0.2) is 0 Å². The number of nitrogens with two attached hydrogens (primary N) is 1. The van der Waals surface area contributed by atoms with Gasteiger partial charge in [-0.15, -0.1) is 0 Å². The second-order valence-electron chi connectivity index (χ2n) is 6.86. The molecule has 1 aromatic rings. The minimum Gasteiger partial charge on any atom is -0.436 e. The molecule has 2 aliphatic rings. The van der Waals surface area contributed by atoms with E-state index in [9.17, 15) is 9.59 Å². The maximum absolute atomic E-state index is 11.4. The first-order chi connectivity index (χ1) is 14.0. The fourth-order valence-corrected chi connectivity index (χ4v) is 4.15. The van der Waals surface area contributed by atoms with E-state index in [0.717, 1.165) is 19.1 Å². The number of para-hydroxylation sites is 1. The van der Waals surface area contributed by atoms with E-state index in [1.165, 1.54) is 0 Å². The van der Waals surface area contributed by atoms with Crippen LogP contribution in [0, 0.1) is 0 Å². The number of ether oxygens (including phenoxy) is 1. The molecule has 2 aliphatic heterocycles. The molecule has 0 aromatic heterocycles. The summed E-state index contributed by atoms with van der Waals surface area (Å²) in [6.45, 7) is 2.07. The third-order valence-corrected chi connectivity index (χ3v) is 5.86. The van der Waals surface area contributed by atoms with Crippen molar-refractivity contribution in [2.24, 2.45) is 5.73 Å². The highest BCUT2D eigenvalue weighted by Crippen LogP contribution is 2.37. The SMILES string of the molecule is CC(C=O)NP(OCC1CCC(N2C=CCC(C(N)=O)=C2)O1)Oc1ccccc1. The Kier molecular flexibility index (Phi) is 7.77. The summed E-state index contributed by atoms with van der Waals surface area (Å²) in [4.78, 5) is 24.3. The van der Waals surface area contributed by atoms with Gasteiger partial charge in [-0.25, -0.2) is 5.09 Å². The third-order valence-electron chi connectivity index (χ3n) is 4.48. The van der Waals surface area contributed by atoms with Crippen LogP contribution < -0.4 is 15.3 Å². The smallest absolute Gasteiger partial charge is 0.318 e. The quantitative estimate of drug-likeness (QED) is 0.444. The Hall–Kier alpha value is -2.25. The monoisotopic (exact) mass is 419 g/mol. The van der Waals surface area contributed by atoms with Crippen LogP contribution in [0.25, 0.3) is 0 Å². The van der Waals surface area contributed by atoms with Crippen LogP contribution in [-0.2, 0) is 18.8 Å². The predicted molar refractivity (Wildman–Crippen MR) is 109 cm³/mol. The summed E-state index contributed by atoms with van der Waals surface area (Å²) in [7, 11) is -1.50. The molecule has 29 heavy (non-hydrogen) atoms. The van der Waals surface area contributed by atoms with E-state index >= 15 is 0 Å². The minimum absolute atomic E-state index is 0.113. The molecule has 0 radical (unpaired) electrons. The number of hydrogen-bond donors (Lipinski definition) is 2. The molecule has 0 spiro atoms. The molecule has 1 amide bonds. The van der Waals surface area contributed by atoms with Crippen molar-refractivity contribution in [3.8, 4) is 5.75 Å². The number of hydrogen-bond acceptors (Lipinski definition) is 7. The molecule has 3 rings (SSSR count). The molecule has 9 heteroatoms. The van der Waals surface area contributed by atoms with Crippen LogP contribution >= 0.6 is 8.53 Å². The first-order valence-corrected chi connectivity index (χ1v) is 10.7. The molecule has 1 aromatic carbocycles. The Labute approximate surface area is 171 Å². The largest absolute Gasteiger partial charge is 0.436 e. The van der Waals surface area contributed by atoms with Crippen molar-refractivity contribution in [1.29, 1.82) is 0 Å². The average molecular weight is 419 g/mol. The average Bonchev–Trinajstić information content (AvgIpc) is 3.22. The Bertz CT molecular complexity index is 758. The zero-order valence-corrected chi connectivity index (χ0v) is 17.2. The summed E-state index contributed by atoms with van der Waals surface area (Å²) in [6, 6.07) is 8.92. The Morgan fingerprint density at radius 3 is 2.93 bits per heavy atom. The highest BCUT2D eigenvalue weighted by molar-refractivity contribution is 7.45. The Balaban J connectivity index is 1.53. The van der Waals surface area contributed by atoms with E-state index in [4.69, 9.17) is 19.5 Å². The molecular formula is C20H26N3O5P. The number of carbonyl (C=O) groups is 2. The molecule has 0 bridgehead atoms. The van der Waals surface area contributed by atoms with Crippen LogP contribution in [-0.4, -0.2) is 42.1 Å². The number of carbonyl (C=O) groups excluding carboxylic acids is 2. The normalized spacial score (nSPS) is 23.3. The highest BCUT2D eigenvalue weighted by Gasteiger charge is 2.30. The van der Waals surface area contributed by atoms with Crippen molar-refractivity contribution in [3.05, 3.63) is 54.4 Å². The van der Waals surface area contributed by atoms with E-state index in [0.29, 0.717) is 24.4 Å². The zero-order chi connectivity index (χ0) is 20.6. The highest BCUT2D eigenvalue weighted by atomic mass is 31.2. The van der Waals surface area contributed by atoms with Gasteiger partial charge >= 0.3 is 8.53 Å². The van der Waals surface area contributed by atoms with Gasteiger partial charge in [0, 0.05) is 18.0 Å². The van der Waals surface area contributed by atoms with E-state index in [1.54, 1.807) is 13.1 Å². The minimum atomic E-state index is -1.50. The summed E-state index contributed by atoms with van der Waals surface area (Å²) in [6.07, 6.45) is 8.21. The van der Waals surface area contributed by atoms with Crippen molar-refractivity contribution in [1.82, 2.24) is 9.99 Å². The lowest BCUT2D eigenvalue weighted by Crippen LogP contribution is -2.31. The number of nitrogens with zero attached hydrogens (tertiary/aromatic N) is 1. The van der Waals surface area contributed by atoms with Crippen molar-refractivity contribution < 1.29 is 23.4 Å². The van der Waals surface area contributed by atoms with Gasteiger partial charge in [-0.3, -0.25) is 4.79 Å². The molecule has 4 unspecified atom stereocenters. The van der Waals surface area contributed by atoms with Gasteiger partial charge < -0.3 is 29.2 Å². The van der Waals surface area contributed by atoms with E-state index in [-0.39, 0.29) is 12.3 Å². The third kappa shape index (κ3) is 6.37. The van der Waals surface area contributed by atoms with Crippen molar-refractivity contribution >= 4 is 20.7 Å². The molecule has 3 N–H and O–H groups in total. The van der Waals surface area contributed by atoms with Gasteiger partial charge in [0.25, 0.3) is 0 Å². The first-order valence-electron chi connectivity index (χ1n) is 9.52. The standard InChI is InChI=1S/C20H26N3O5P/c1-15(13-24)22-29(28-17-7-3-2-4-8-17)26-14-18-9-10-19(27-18)23-11-5-6-16(12-23)20(21)25/h2-5,7-8,11-13,15,18-19,22H,6,9-10,14H2,1H3,(H2,21,25). The maximum Gasteiger partial charge on any atom is 0.318 e. The number of amides is 1. The van der Waals surface area contributed by atoms with Gasteiger partial charge in [-0.05, 0) is 38.3 Å². The number of rotatable bonds is 10. The van der Waals surface area contributed by atoms with Crippen molar-refractivity contribution in [3.63, 3.8) is 0 Å². The van der Waals surface area contributed by atoms with Crippen LogP contribution in [0.3, 0.4) is 0 Å². The summed E-state index contributed by atoms with van der Waals surface area (Å²) in [5.41, 5.74) is 5.94. The fourth-order valence-electron chi connectivity index (χ4n) is 2.96. The molecule has 4 atom stereocenters. The van der Waals surface area contributed by atoms with Gasteiger partial charge in [0.2, 0.25) is 5.91 Å². The first kappa shape index (κ1) is 21.5. The van der Waals surface area contributed by atoms with Gasteiger partial charge in [-0.2, -0.15) is 0 Å². The van der Waals surface area contributed by atoms with Crippen molar-refractivity contribution in [2.75, 3.05) is 6.61 Å². The Morgan fingerprint density at radius 1 is 1.41 bits per heavy atom. The summed E-state index contributed by atoms with van der Waals surface area (Å²) in [5, 5.41) is 3.05. The summed E-state index contributed by atoms with van der Waals surface area (Å²) < 4.78 is 17.9. The molecule has 2 heterocycles. The van der Waals surface area contributed by atoms with Gasteiger partial charge in [-0.1, -0.05) is 24.3 Å². The summed E-state index contributed by atoms with van der Waals surface area (Å²) >= 11 is 0. The predicted octanol–water partition coefficient (Wildman–Crippen LogP) is 2.58. The molecule has 0 saturated carbocycles. The van der Waals surface area contributed by atoms with Gasteiger partial charge in [0.05, 0.1) is 18.8 Å². The van der Waals surface area contributed by atoms with Gasteiger partial charge in [0.1, 0.15) is 18.3 Å². The van der Waals surface area contributed by atoms with Crippen LogP contribution in [0.15, 0.2) is 54.4 Å². The molecule has 156 valence electrons. The number of benzene rings is 1. The number of allylic oxidation sites excluding steroid dienone is 1. The molecular weight excluding hydrogens is 393 g/mol. The van der Waals surface area contributed by atoms with E-state index < -0.39 is 20.5 Å². The van der Waals surface area contributed by atoms with Crippen LogP contribution in [0.5, 0.6) is 5.75 Å². The Morgan fingerprint density at radius 2 is 2.21 bits per heavy atom. The lowest BCUT2D eigenvalue weighted by atomic mass is 10.1. The lowest BCUT2D eigenvalue weighted by Gasteiger charge is -2.27. The number of aldehydes is 1.